The minimum absolute atomic E-state index is 0.101. The first-order chi connectivity index (χ1) is 33.7. The molecule has 4 aromatic carbocycles. The molecule has 6 aromatic rings. The van der Waals surface area contributed by atoms with Gasteiger partial charge in [-0.1, -0.05) is 77.9 Å². The molecule has 0 aliphatic carbocycles. The summed E-state index contributed by atoms with van der Waals surface area (Å²) < 4.78 is 44.1. The second-order valence-corrected chi connectivity index (χ2v) is 18.9. The fourth-order valence-corrected chi connectivity index (χ4v) is 7.64. The molecule has 17 nitrogen and oxygen atoms in total. The van der Waals surface area contributed by atoms with Gasteiger partial charge in [-0.2, -0.15) is 4.80 Å². The summed E-state index contributed by atoms with van der Waals surface area (Å²) in [5.74, 6) is -0.501. The first kappa shape index (κ1) is 53.5. The summed E-state index contributed by atoms with van der Waals surface area (Å²) >= 11 is 0. The number of nitrogens with zero attached hydrogens (tertiary/aromatic N) is 6. The molecule has 0 saturated heterocycles. The van der Waals surface area contributed by atoms with Crippen LogP contribution < -0.4 is 0 Å². The monoisotopic (exact) mass is 967 g/mol. The van der Waals surface area contributed by atoms with Crippen LogP contribution in [0.2, 0.25) is 0 Å². The third kappa shape index (κ3) is 16.4. The van der Waals surface area contributed by atoms with E-state index in [2.05, 4.69) is 50.0 Å². The summed E-state index contributed by atoms with van der Waals surface area (Å²) in [6.45, 7) is 19.6. The predicted octanol–water partition coefficient (Wildman–Crippen LogP) is 7.51. The van der Waals surface area contributed by atoms with Gasteiger partial charge in [-0.25, -0.2) is 0 Å². The van der Waals surface area contributed by atoms with Gasteiger partial charge in [0.15, 0.2) is 0 Å². The van der Waals surface area contributed by atoms with E-state index in [1.54, 1.807) is 4.80 Å². The van der Waals surface area contributed by atoms with Crippen LogP contribution >= 0.6 is 0 Å². The number of aromatic hydroxyl groups is 1. The molecule has 378 valence electrons. The summed E-state index contributed by atoms with van der Waals surface area (Å²) in [5, 5.41) is 29.7. The number of phenolic OH excluding ortho intramolecular Hbond substituents is 1. The number of rotatable bonds is 29. The highest BCUT2D eigenvalue weighted by atomic mass is 16.6. The Balaban J connectivity index is 0.713. The van der Waals surface area contributed by atoms with Crippen LogP contribution in [0.15, 0.2) is 72.8 Å². The number of benzene rings is 4. The molecule has 0 aliphatic heterocycles. The van der Waals surface area contributed by atoms with Crippen molar-refractivity contribution < 1.29 is 52.6 Å². The molecule has 0 saturated carbocycles. The molecular weight excluding hydrogens is 897 g/mol. The van der Waals surface area contributed by atoms with Crippen molar-refractivity contribution in [3.8, 4) is 17.1 Å². The van der Waals surface area contributed by atoms with Gasteiger partial charge in [-0.3, -0.25) is 9.59 Å². The number of hydrogen-bond acceptors (Lipinski definition) is 15. The van der Waals surface area contributed by atoms with E-state index in [1.165, 1.54) is 10.4 Å². The molecule has 2 heterocycles. The third-order valence-corrected chi connectivity index (χ3v) is 11.3. The van der Waals surface area contributed by atoms with Gasteiger partial charge >= 0.3 is 11.9 Å². The van der Waals surface area contributed by atoms with Crippen LogP contribution in [0, 0.1) is 6.92 Å². The molecule has 0 unspecified atom stereocenters. The molecule has 2 aromatic heterocycles. The number of phenols is 1. The maximum atomic E-state index is 12.6. The van der Waals surface area contributed by atoms with Gasteiger partial charge in [0, 0.05) is 18.4 Å². The van der Waals surface area contributed by atoms with Crippen molar-refractivity contribution >= 4 is 34.0 Å². The highest BCUT2D eigenvalue weighted by Gasteiger charge is 2.24. The first-order valence-corrected chi connectivity index (χ1v) is 24.1. The average molecular weight is 967 g/mol. The zero-order chi connectivity index (χ0) is 49.9. The van der Waals surface area contributed by atoms with Gasteiger partial charge in [0.1, 0.15) is 46.7 Å². The van der Waals surface area contributed by atoms with Gasteiger partial charge < -0.3 is 43.0 Å². The Hall–Kier alpha value is -5.82. The quantitative estimate of drug-likeness (QED) is 0.0359. The lowest BCUT2D eigenvalue weighted by Gasteiger charge is -2.24. The molecular formula is C53H70N6O11. The first-order valence-electron chi connectivity index (χ1n) is 24.1. The number of carbonyl (C=O) groups is 2. The molecule has 0 fully saturated rings. The lowest BCUT2D eigenvalue weighted by Crippen LogP contribution is -2.17. The van der Waals surface area contributed by atoms with E-state index in [1.807, 2.05) is 81.4 Å². The van der Waals surface area contributed by atoms with Gasteiger partial charge in [0.2, 0.25) is 0 Å². The summed E-state index contributed by atoms with van der Waals surface area (Å²) in [5.41, 5.74) is 8.96. The van der Waals surface area contributed by atoms with Gasteiger partial charge in [0.25, 0.3) is 0 Å². The highest BCUT2D eigenvalue weighted by molar-refractivity contribution is 5.75. The number of aromatic nitrogens is 6. The molecule has 0 radical (unpaired) electrons. The second-order valence-electron chi connectivity index (χ2n) is 18.9. The Bertz CT molecular complexity index is 2350. The van der Waals surface area contributed by atoms with Gasteiger partial charge in [-0.05, 0) is 89.2 Å². The molecule has 0 bridgehead atoms. The van der Waals surface area contributed by atoms with Gasteiger partial charge in [0.05, 0.1) is 85.0 Å². The van der Waals surface area contributed by atoms with Crippen molar-refractivity contribution in [1.82, 2.24) is 30.0 Å². The van der Waals surface area contributed by atoms with E-state index in [-0.39, 0.29) is 67.8 Å². The van der Waals surface area contributed by atoms with Crippen LogP contribution in [0.1, 0.15) is 82.2 Å². The van der Waals surface area contributed by atoms with Gasteiger partial charge in [-0.15, -0.1) is 25.2 Å². The van der Waals surface area contributed by atoms with Crippen molar-refractivity contribution in [2.45, 2.75) is 85.0 Å². The van der Waals surface area contributed by atoms with E-state index >= 15 is 0 Å². The van der Waals surface area contributed by atoms with Crippen LogP contribution in [0.4, 0.5) is 0 Å². The fraction of sp³-hybridized carbons (Fsp3) is 0.509. The van der Waals surface area contributed by atoms with E-state index in [4.69, 9.17) is 48.1 Å². The normalized spacial score (nSPS) is 12.0. The molecule has 17 heteroatoms. The lowest BCUT2D eigenvalue weighted by molar-refractivity contribution is -0.146. The van der Waals surface area contributed by atoms with Crippen molar-refractivity contribution in [1.29, 1.82) is 0 Å². The smallest absolute Gasteiger partial charge is 0.306 e. The number of hydrogen-bond donors (Lipinski definition) is 1. The number of esters is 2. The zero-order valence-electron chi connectivity index (χ0n) is 41.9. The predicted molar refractivity (Wildman–Crippen MR) is 265 cm³/mol. The Kier molecular flexibility index (Phi) is 20.2. The fourth-order valence-electron chi connectivity index (χ4n) is 7.64. The van der Waals surface area contributed by atoms with E-state index in [0.29, 0.717) is 84.6 Å². The number of aryl methyl sites for hydroxylation is 2. The van der Waals surface area contributed by atoms with Crippen molar-refractivity contribution in [2.75, 3.05) is 92.5 Å². The average Bonchev–Trinajstić information content (AvgIpc) is 3.97. The molecule has 6 rings (SSSR count). The Morgan fingerprint density at radius 2 is 0.786 bits per heavy atom. The van der Waals surface area contributed by atoms with Crippen LogP contribution in [-0.2, 0) is 71.2 Å². The van der Waals surface area contributed by atoms with Crippen LogP contribution in [0.25, 0.3) is 33.4 Å². The molecule has 0 spiro atoms. The Labute approximate surface area is 410 Å². The number of carbonyl (C=O) groups excluding carboxylic acids is 2. The zero-order valence-corrected chi connectivity index (χ0v) is 41.9. The third-order valence-electron chi connectivity index (χ3n) is 11.3. The molecule has 0 atom stereocenters. The number of ether oxygens (including phenoxy) is 8. The minimum Gasteiger partial charge on any atom is -0.505 e. The molecule has 0 aliphatic rings. The minimum atomic E-state index is -0.348. The Morgan fingerprint density at radius 3 is 1.14 bits per heavy atom. The second kappa shape index (κ2) is 26.4. The summed E-state index contributed by atoms with van der Waals surface area (Å²) in [6, 6.07) is 23.3. The molecule has 1 N–H and O–H groups in total. The lowest BCUT2D eigenvalue weighted by atomic mass is 9.82. The maximum Gasteiger partial charge on any atom is 0.306 e. The van der Waals surface area contributed by atoms with Crippen LogP contribution in [0.3, 0.4) is 0 Å². The van der Waals surface area contributed by atoms with Crippen molar-refractivity contribution in [2.24, 2.45) is 0 Å². The summed E-state index contributed by atoms with van der Waals surface area (Å²) in [4.78, 5) is 28.3. The van der Waals surface area contributed by atoms with E-state index < -0.39 is 0 Å². The SMILES string of the molecule is Cc1c(-n2nc3ccccc3n2)cc(CCC(=O)OCCOCCOCCOCCOCCOCCOCCOC(=O)CCc2cc(-n3nc4ccccc4n3)c(O)c(C(C)(C)C)c2)cc1C(C)(C)C. The Morgan fingerprint density at radius 1 is 0.471 bits per heavy atom. The van der Waals surface area contributed by atoms with E-state index in [0.717, 1.165) is 50.0 Å². The maximum absolute atomic E-state index is 12.6. The number of fused-ring (bicyclic) bond motifs is 2. The van der Waals surface area contributed by atoms with Crippen LogP contribution in [0.5, 0.6) is 5.75 Å². The largest absolute Gasteiger partial charge is 0.505 e. The van der Waals surface area contributed by atoms with Crippen molar-refractivity contribution in [3.63, 3.8) is 0 Å². The standard InChI is InChI=1S/C53H70N6O11/c1-38-41(52(2,3)4)34-39(36-47(38)58-54-43-12-8-9-13-44(43)55-58)16-18-49(60)69-32-30-67-28-26-65-24-22-63-20-21-64-23-25-66-27-29-68-31-33-70-50(61)19-17-40-35-42(53(5,6)7)51(62)48(37-40)59-56-45-14-10-11-15-46(45)57-59/h8-15,34-37,62H,16-33H2,1-7H3. The molecule has 0 amide bonds. The molecule has 70 heavy (non-hydrogen) atoms. The van der Waals surface area contributed by atoms with Crippen molar-refractivity contribution in [3.05, 3.63) is 101 Å². The van der Waals surface area contributed by atoms with E-state index in [9.17, 15) is 14.7 Å². The highest BCUT2D eigenvalue weighted by Crippen LogP contribution is 2.37. The summed E-state index contributed by atoms with van der Waals surface area (Å²) in [7, 11) is 0. The van der Waals surface area contributed by atoms with Crippen LogP contribution in [-0.4, -0.2) is 140 Å². The topological polar surface area (TPSA) is 190 Å². The summed E-state index contributed by atoms with van der Waals surface area (Å²) in [6.07, 6.45) is 1.39.